The first-order chi connectivity index (χ1) is 14.8. The lowest BCUT2D eigenvalue weighted by Crippen LogP contribution is -2.29. The van der Waals surface area contributed by atoms with Crippen molar-refractivity contribution in [1.82, 2.24) is 45.0 Å². The lowest BCUT2D eigenvalue weighted by Gasteiger charge is -2.22. The SMILES string of the molecule is c1cc2sc(Cn3nnc4ncc(-c5cnn(C6CCNCC6)c5)nc43)cc2cn1. The van der Waals surface area contributed by atoms with Crippen LogP contribution in [0.15, 0.2) is 43.1 Å². The maximum absolute atomic E-state index is 4.82. The fourth-order valence-electron chi connectivity index (χ4n) is 3.91. The summed E-state index contributed by atoms with van der Waals surface area (Å²) in [5, 5.41) is 17.6. The molecular formula is C20H19N9S. The molecule has 0 aromatic carbocycles. The molecule has 0 atom stereocenters. The Morgan fingerprint density at radius 1 is 1.17 bits per heavy atom. The van der Waals surface area contributed by atoms with Gasteiger partial charge >= 0.3 is 0 Å². The summed E-state index contributed by atoms with van der Waals surface area (Å²) >= 11 is 1.73. The smallest absolute Gasteiger partial charge is 0.221 e. The summed E-state index contributed by atoms with van der Waals surface area (Å²) in [5.74, 6) is 0. The van der Waals surface area contributed by atoms with Crippen molar-refractivity contribution in [3.63, 3.8) is 0 Å². The van der Waals surface area contributed by atoms with E-state index in [1.807, 2.05) is 24.7 Å². The zero-order valence-electron chi connectivity index (χ0n) is 16.1. The standard InChI is InChI=1S/C20H19N9S/c1-4-21-5-2-15(1)28-11-14(9-24-28)17-10-23-19-20(25-17)29(27-26-19)12-16-7-13-8-22-6-3-18(13)30-16/h3,6-11,15,21H,1-2,4-5,12H2. The highest BCUT2D eigenvalue weighted by Gasteiger charge is 2.17. The normalized spacial score (nSPS) is 15.3. The zero-order chi connectivity index (χ0) is 19.9. The third-order valence-corrected chi connectivity index (χ3v) is 6.58. The fourth-order valence-corrected chi connectivity index (χ4v) is 4.92. The van der Waals surface area contributed by atoms with E-state index in [0.717, 1.165) is 42.6 Å². The summed E-state index contributed by atoms with van der Waals surface area (Å²) in [5.41, 5.74) is 2.97. The molecule has 0 unspecified atom stereocenters. The third kappa shape index (κ3) is 3.14. The molecule has 0 radical (unpaired) electrons. The van der Waals surface area contributed by atoms with Gasteiger partial charge in [0, 0.05) is 39.1 Å². The summed E-state index contributed by atoms with van der Waals surface area (Å²) < 4.78 is 5.07. The Balaban J connectivity index is 1.32. The van der Waals surface area contributed by atoms with Crippen LogP contribution in [0.5, 0.6) is 0 Å². The Labute approximate surface area is 175 Å². The molecule has 0 amide bonds. The molecule has 5 aromatic heterocycles. The maximum atomic E-state index is 4.82. The van der Waals surface area contributed by atoms with Crippen LogP contribution < -0.4 is 5.32 Å². The molecule has 9 nitrogen and oxygen atoms in total. The van der Waals surface area contributed by atoms with Gasteiger partial charge in [0.2, 0.25) is 5.65 Å². The van der Waals surface area contributed by atoms with Crippen molar-refractivity contribution in [1.29, 1.82) is 0 Å². The first-order valence-corrected chi connectivity index (χ1v) is 10.8. The van der Waals surface area contributed by atoms with Gasteiger partial charge in [0.25, 0.3) is 0 Å². The van der Waals surface area contributed by atoms with Gasteiger partial charge in [-0.2, -0.15) is 5.10 Å². The number of piperidine rings is 1. The van der Waals surface area contributed by atoms with Crippen LogP contribution in [-0.4, -0.2) is 52.8 Å². The van der Waals surface area contributed by atoms with Gasteiger partial charge in [0.05, 0.1) is 30.7 Å². The molecule has 0 bridgehead atoms. The van der Waals surface area contributed by atoms with Crippen molar-refractivity contribution in [2.75, 3.05) is 13.1 Å². The molecule has 0 spiro atoms. The van der Waals surface area contributed by atoms with E-state index >= 15 is 0 Å². The van der Waals surface area contributed by atoms with Gasteiger partial charge in [-0.25, -0.2) is 14.6 Å². The second-order valence-electron chi connectivity index (χ2n) is 7.47. The Morgan fingerprint density at radius 2 is 2.10 bits per heavy atom. The van der Waals surface area contributed by atoms with E-state index in [0.29, 0.717) is 23.9 Å². The molecule has 1 saturated heterocycles. The molecule has 6 heterocycles. The number of hydrogen-bond donors (Lipinski definition) is 1. The number of aromatic nitrogens is 8. The number of pyridine rings is 1. The van der Waals surface area contributed by atoms with Gasteiger partial charge < -0.3 is 5.32 Å². The van der Waals surface area contributed by atoms with E-state index in [9.17, 15) is 0 Å². The van der Waals surface area contributed by atoms with Crippen molar-refractivity contribution >= 4 is 32.7 Å². The second-order valence-corrected chi connectivity index (χ2v) is 8.63. The van der Waals surface area contributed by atoms with E-state index in [-0.39, 0.29) is 0 Å². The monoisotopic (exact) mass is 417 g/mol. The quantitative estimate of drug-likeness (QED) is 0.480. The van der Waals surface area contributed by atoms with Crippen molar-refractivity contribution < 1.29 is 0 Å². The van der Waals surface area contributed by atoms with Crippen LogP contribution >= 0.6 is 11.3 Å². The topological polar surface area (TPSA) is 99.2 Å². The maximum Gasteiger partial charge on any atom is 0.221 e. The molecule has 30 heavy (non-hydrogen) atoms. The lowest BCUT2D eigenvalue weighted by atomic mass is 10.1. The first kappa shape index (κ1) is 17.6. The number of thiophene rings is 1. The molecule has 1 aliphatic heterocycles. The van der Waals surface area contributed by atoms with Gasteiger partial charge in [-0.3, -0.25) is 9.67 Å². The van der Waals surface area contributed by atoms with Crippen LogP contribution in [0.4, 0.5) is 0 Å². The summed E-state index contributed by atoms with van der Waals surface area (Å²) in [6.07, 6.45) is 11.6. The van der Waals surface area contributed by atoms with Gasteiger partial charge in [0.15, 0.2) is 5.65 Å². The van der Waals surface area contributed by atoms with Gasteiger partial charge in [0.1, 0.15) is 0 Å². The van der Waals surface area contributed by atoms with Crippen LogP contribution in [-0.2, 0) is 6.54 Å². The van der Waals surface area contributed by atoms with Crippen LogP contribution in [0.25, 0.3) is 32.6 Å². The molecule has 1 N–H and O–H groups in total. The number of fused-ring (bicyclic) bond motifs is 2. The summed E-state index contributed by atoms with van der Waals surface area (Å²) in [7, 11) is 0. The summed E-state index contributed by atoms with van der Waals surface area (Å²) in [4.78, 5) is 14.7. The molecule has 5 aromatic rings. The highest BCUT2D eigenvalue weighted by atomic mass is 32.1. The largest absolute Gasteiger partial charge is 0.317 e. The van der Waals surface area contributed by atoms with E-state index < -0.39 is 0 Å². The molecule has 10 heteroatoms. The number of nitrogens with zero attached hydrogens (tertiary/aromatic N) is 8. The second kappa shape index (κ2) is 7.22. The number of rotatable bonds is 4. The lowest BCUT2D eigenvalue weighted by molar-refractivity contribution is 0.343. The van der Waals surface area contributed by atoms with Crippen LogP contribution in [0.1, 0.15) is 23.8 Å². The van der Waals surface area contributed by atoms with E-state index in [1.54, 1.807) is 22.2 Å². The number of nitrogens with one attached hydrogen (secondary N) is 1. The third-order valence-electron chi connectivity index (χ3n) is 5.48. The Kier molecular flexibility index (Phi) is 4.24. The molecule has 1 aliphatic rings. The van der Waals surface area contributed by atoms with Gasteiger partial charge in [-0.05, 0) is 38.1 Å². The van der Waals surface area contributed by atoms with E-state index in [2.05, 4.69) is 47.6 Å². The molecule has 150 valence electrons. The Morgan fingerprint density at radius 3 is 3.00 bits per heavy atom. The fraction of sp³-hybridized carbons (Fsp3) is 0.300. The molecule has 0 saturated carbocycles. The predicted octanol–water partition coefficient (Wildman–Crippen LogP) is 2.67. The van der Waals surface area contributed by atoms with Crippen LogP contribution in [0, 0.1) is 0 Å². The first-order valence-electron chi connectivity index (χ1n) is 9.97. The van der Waals surface area contributed by atoms with Crippen LogP contribution in [0.2, 0.25) is 0 Å². The zero-order valence-corrected chi connectivity index (χ0v) is 17.0. The minimum absolute atomic E-state index is 0.436. The highest BCUT2D eigenvalue weighted by Crippen LogP contribution is 2.26. The molecule has 6 rings (SSSR count). The van der Waals surface area contributed by atoms with Crippen molar-refractivity contribution in [3.05, 3.63) is 48.0 Å². The Bertz CT molecular complexity index is 1300. The highest BCUT2D eigenvalue weighted by molar-refractivity contribution is 7.19. The van der Waals surface area contributed by atoms with Crippen molar-refractivity contribution in [2.24, 2.45) is 0 Å². The summed E-state index contributed by atoms with van der Waals surface area (Å²) in [6, 6.07) is 4.60. The molecule has 0 aliphatic carbocycles. The molecular weight excluding hydrogens is 398 g/mol. The van der Waals surface area contributed by atoms with E-state index in [4.69, 9.17) is 4.98 Å². The van der Waals surface area contributed by atoms with Gasteiger partial charge in [-0.1, -0.05) is 5.21 Å². The average Bonchev–Trinajstić information content (AvgIpc) is 3.52. The van der Waals surface area contributed by atoms with Gasteiger partial charge in [-0.15, -0.1) is 16.4 Å². The van der Waals surface area contributed by atoms with Crippen molar-refractivity contribution in [2.45, 2.75) is 25.4 Å². The van der Waals surface area contributed by atoms with Crippen molar-refractivity contribution in [3.8, 4) is 11.3 Å². The average molecular weight is 418 g/mol. The molecule has 1 fully saturated rings. The Hall–Kier alpha value is -3.24. The minimum Gasteiger partial charge on any atom is -0.317 e. The minimum atomic E-state index is 0.436. The van der Waals surface area contributed by atoms with Crippen LogP contribution in [0.3, 0.4) is 0 Å². The number of hydrogen-bond acceptors (Lipinski definition) is 8. The summed E-state index contributed by atoms with van der Waals surface area (Å²) in [6.45, 7) is 2.66. The van der Waals surface area contributed by atoms with E-state index in [1.165, 1.54) is 9.58 Å². The predicted molar refractivity (Wildman–Crippen MR) is 114 cm³/mol.